The van der Waals surface area contributed by atoms with Crippen LogP contribution in [0, 0.1) is 34.5 Å². The van der Waals surface area contributed by atoms with Crippen molar-refractivity contribution in [2.75, 3.05) is 0 Å². The van der Waals surface area contributed by atoms with Crippen LogP contribution in [0.2, 0.25) is 0 Å². The van der Waals surface area contributed by atoms with E-state index in [9.17, 15) is 22.0 Å². The molecule has 1 atom stereocenters. The van der Waals surface area contributed by atoms with E-state index in [0.717, 1.165) is 29.6 Å². The summed E-state index contributed by atoms with van der Waals surface area (Å²) >= 11 is 0. The Labute approximate surface area is 194 Å². The van der Waals surface area contributed by atoms with Gasteiger partial charge in [0.15, 0.2) is 23.3 Å². The lowest BCUT2D eigenvalue weighted by Gasteiger charge is -2.31. The van der Waals surface area contributed by atoms with Gasteiger partial charge in [0, 0.05) is 23.4 Å². The van der Waals surface area contributed by atoms with Gasteiger partial charge in [0.2, 0.25) is 5.82 Å². The summed E-state index contributed by atoms with van der Waals surface area (Å²) in [6.07, 6.45) is 6.72. The Bertz CT molecular complexity index is 1370. The second-order valence-corrected chi connectivity index (χ2v) is 9.55. The second kappa shape index (κ2) is 8.26. The molecule has 1 fully saturated rings. The molecule has 6 heteroatoms. The van der Waals surface area contributed by atoms with Crippen LogP contribution in [0.1, 0.15) is 51.1 Å². The van der Waals surface area contributed by atoms with Crippen LogP contribution in [0.4, 0.5) is 22.0 Å². The van der Waals surface area contributed by atoms with Crippen molar-refractivity contribution >= 4 is 5.52 Å². The zero-order valence-corrected chi connectivity index (χ0v) is 18.9. The van der Waals surface area contributed by atoms with Crippen LogP contribution in [0.15, 0.2) is 54.7 Å². The normalized spacial score (nSPS) is 16.3. The molecule has 2 aromatic carbocycles. The van der Waals surface area contributed by atoms with Gasteiger partial charge in [-0.2, -0.15) is 0 Å². The molecule has 1 saturated carbocycles. The molecule has 0 aliphatic heterocycles. The van der Waals surface area contributed by atoms with Crippen LogP contribution < -0.4 is 0 Å². The number of nitrogens with zero attached hydrogens (tertiary/aromatic N) is 1. The van der Waals surface area contributed by atoms with Crippen LogP contribution in [-0.4, -0.2) is 4.40 Å². The molecule has 176 valence electrons. The molecule has 0 spiro atoms. The van der Waals surface area contributed by atoms with Crippen molar-refractivity contribution < 1.29 is 22.0 Å². The average molecular weight is 469 g/mol. The summed E-state index contributed by atoms with van der Waals surface area (Å²) in [5, 5.41) is 0. The van der Waals surface area contributed by atoms with Gasteiger partial charge in [-0.3, -0.25) is 0 Å². The smallest absolute Gasteiger partial charge is 0.200 e. The third-order valence-corrected chi connectivity index (χ3v) is 7.61. The molecule has 0 N–H and O–H groups in total. The fraction of sp³-hybridized carbons (Fsp3) is 0.286. The molecule has 0 saturated heterocycles. The number of rotatable bonds is 4. The van der Waals surface area contributed by atoms with Gasteiger partial charge >= 0.3 is 0 Å². The highest BCUT2D eigenvalue weighted by atomic mass is 19.2. The molecule has 1 nitrogen and oxygen atoms in total. The summed E-state index contributed by atoms with van der Waals surface area (Å²) in [6.45, 7) is 4.55. The summed E-state index contributed by atoms with van der Waals surface area (Å²) in [5.74, 6) is -9.45. The van der Waals surface area contributed by atoms with Gasteiger partial charge in [-0.25, -0.2) is 22.0 Å². The summed E-state index contributed by atoms with van der Waals surface area (Å²) in [5.41, 5.74) is 2.72. The van der Waals surface area contributed by atoms with Crippen molar-refractivity contribution in [1.82, 2.24) is 4.40 Å². The van der Waals surface area contributed by atoms with Crippen molar-refractivity contribution in [3.63, 3.8) is 0 Å². The van der Waals surface area contributed by atoms with E-state index in [1.807, 2.05) is 24.4 Å². The number of fused-ring (bicyclic) bond motifs is 1. The van der Waals surface area contributed by atoms with Gasteiger partial charge in [0.05, 0.1) is 11.1 Å². The Morgan fingerprint density at radius 3 is 2.06 bits per heavy atom. The number of hydrogen-bond acceptors (Lipinski definition) is 0. The Balaban J connectivity index is 1.67. The quantitative estimate of drug-likeness (QED) is 0.160. The van der Waals surface area contributed by atoms with E-state index in [4.69, 9.17) is 0 Å². The Morgan fingerprint density at radius 2 is 1.38 bits per heavy atom. The molecule has 34 heavy (non-hydrogen) atoms. The first-order valence-electron chi connectivity index (χ1n) is 11.4. The molecule has 0 radical (unpaired) electrons. The zero-order valence-electron chi connectivity index (χ0n) is 18.9. The molecule has 0 bridgehead atoms. The maximum atomic E-state index is 14.5. The summed E-state index contributed by atoms with van der Waals surface area (Å²) in [4.78, 5) is 0. The SMILES string of the molecule is CC(c1cc(-c2cccc(-c3c(F)c(F)c(F)c(F)c3F)c2)c2ccccn12)C1(C)CCCC1. The lowest BCUT2D eigenvalue weighted by molar-refractivity contribution is 0.271. The Hall–Kier alpha value is -3.15. The molecule has 1 aliphatic rings. The molecule has 1 aliphatic carbocycles. The summed E-state index contributed by atoms with van der Waals surface area (Å²) in [6, 6.07) is 14.1. The predicted molar refractivity (Wildman–Crippen MR) is 123 cm³/mol. The Kier molecular flexibility index (Phi) is 5.50. The maximum absolute atomic E-state index is 14.5. The highest BCUT2D eigenvalue weighted by Crippen LogP contribution is 2.49. The fourth-order valence-electron chi connectivity index (χ4n) is 5.42. The Morgan fingerprint density at radius 1 is 0.765 bits per heavy atom. The van der Waals surface area contributed by atoms with E-state index in [-0.39, 0.29) is 16.9 Å². The second-order valence-electron chi connectivity index (χ2n) is 9.55. The molecular weight excluding hydrogens is 445 g/mol. The van der Waals surface area contributed by atoms with Crippen molar-refractivity contribution in [3.8, 4) is 22.3 Å². The van der Waals surface area contributed by atoms with E-state index in [1.165, 1.54) is 25.0 Å². The fourth-order valence-corrected chi connectivity index (χ4v) is 5.42. The minimum atomic E-state index is -2.16. The molecular formula is C28H24F5N. The molecule has 1 unspecified atom stereocenters. The van der Waals surface area contributed by atoms with Crippen LogP contribution in [0.5, 0.6) is 0 Å². The predicted octanol–water partition coefficient (Wildman–Crippen LogP) is 8.65. The van der Waals surface area contributed by atoms with E-state index in [0.29, 0.717) is 5.56 Å². The number of aromatic nitrogens is 1. The number of benzene rings is 2. The van der Waals surface area contributed by atoms with Gasteiger partial charge in [0.1, 0.15) is 0 Å². The van der Waals surface area contributed by atoms with Gasteiger partial charge in [-0.05, 0) is 53.6 Å². The minimum Gasteiger partial charge on any atom is -0.320 e. The number of pyridine rings is 1. The standard InChI is InChI=1S/C28H24F5N/c1-16(28(2)11-4-5-12-28)21-15-19(20-10-3-6-13-34(20)21)17-8-7-9-18(14-17)22-23(29)25(31)27(33)26(32)24(22)30/h3,6-10,13-16H,4-5,11-12H2,1-2H3. The first kappa shape index (κ1) is 22.6. The lowest BCUT2D eigenvalue weighted by Crippen LogP contribution is -2.20. The largest absolute Gasteiger partial charge is 0.320 e. The summed E-state index contributed by atoms with van der Waals surface area (Å²) < 4.78 is 72.3. The topological polar surface area (TPSA) is 4.41 Å². The molecule has 2 heterocycles. The minimum absolute atomic E-state index is 0.0714. The van der Waals surface area contributed by atoms with Crippen LogP contribution >= 0.6 is 0 Å². The first-order valence-corrected chi connectivity index (χ1v) is 11.4. The van der Waals surface area contributed by atoms with Crippen molar-refractivity contribution in [2.45, 2.75) is 45.4 Å². The number of hydrogen-bond donors (Lipinski definition) is 0. The van der Waals surface area contributed by atoms with Crippen molar-refractivity contribution in [3.05, 3.63) is 89.5 Å². The van der Waals surface area contributed by atoms with E-state index >= 15 is 0 Å². The van der Waals surface area contributed by atoms with Crippen LogP contribution in [0.25, 0.3) is 27.8 Å². The lowest BCUT2D eigenvalue weighted by atomic mass is 9.75. The summed E-state index contributed by atoms with van der Waals surface area (Å²) in [7, 11) is 0. The van der Waals surface area contributed by atoms with Gasteiger partial charge in [-0.15, -0.1) is 0 Å². The zero-order chi connectivity index (χ0) is 24.2. The molecule has 0 amide bonds. The van der Waals surface area contributed by atoms with Crippen molar-refractivity contribution in [1.29, 1.82) is 0 Å². The van der Waals surface area contributed by atoms with Gasteiger partial charge < -0.3 is 4.40 Å². The van der Waals surface area contributed by atoms with Crippen LogP contribution in [0.3, 0.4) is 0 Å². The third-order valence-electron chi connectivity index (χ3n) is 7.61. The van der Waals surface area contributed by atoms with E-state index < -0.39 is 34.6 Å². The molecule has 5 rings (SSSR count). The number of halogens is 5. The van der Waals surface area contributed by atoms with Gasteiger partial charge in [-0.1, -0.05) is 51.0 Å². The maximum Gasteiger partial charge on any atom is 0.200 e. The highest BCUT2D eigenvalue weighted by molar-refractivity contribution is 5.84. The van der Waals surface area contributed by atoms with Crippen molar-refractivity contribution in [2.24, 2.45) is 5.41 Å². The molecule has 4 aromatic rings. The first-order chi connectivity index (χ1) is 16.2. The molecule has 2 aromatic heterocycles. The highest BCUT2D eigenvalue weighted by Gasteiger charge is 2.36. The van der Waals surface area contributed by atoms with Crippen LogP contribution in [-0.2, 0) is 0 Å². The van der Waals surface area contributed by atoms with Gasteiger partial charge in [0.25, 0.3) is 0 Å². The third kappa shape index (κ3) is 3.42. The monoisotopic (exact) mass is 469 g/mol. The van der Waals surface area contributed by atoms with E-state index in [2.05, 4.69) is 24.3 Å². The average Bonchev–Trinajstić information content (AvgIpc) is 3.46. The van der Waals surface area contributed by atoms with E-state index in [1.54, 1.807) is 12.1 Å².